The number of hydrogen-bond acceptors (Lipinski definition) is 2. The van der Waals surface area contributed by atoms with Gasteiger partial charge in [-0.05, 0) is 38.3 Å². The van der Waals surface area contributed by atoms with E-state index in [1.54, 1.807) is 0 Å². The lowest BCUT2D eigenvalue weighted by molar-refractivity contribution is 0.497. The van der Waals surface area contributed by atoms with Crippen molar-refractivity contribution in [3.63, 3.8) is 0 Å². The molecule has 1 unspecified atom stereocenters. The topological polar surface area (TPSA) is 29.9 Å². The molecule has 0 radical (unpaired) electrons. The number of hydrogen-bond donors (Lipinski definition) is 1. The average molecular weight is 271 g/mol. The first kappa shape index (κ1) is 14.8. The zero-order valence-corrected chi connectivity index (χ0v) is 12.5. The van der Waals surface area contributed by atoms with E-state index < -0.39 is 0 Å². The third-order valence-electron chi connectivity index (χ3n) is 3.63. The molecular weight excluding hydrogens is 246 g/mol. The molecule has 2 aromatic rings. The van der Waals surface area contributed by atoms with Crippen LogP contribution in [0.5, 0.6) is 0 Å². The molecule has 0 bridgehead atoms. The number of rotatable bonds is 8. The minimum absolute atomic E-state index is 0.420. The maximum absolute atomic E-state index is 4.38. The monoisotopic (exact) mass is 271 g/mol. The van der Waals surface area contributed by atoms with Gasteiger partial charge in [-0.1, -0.05) is 37.3 Å². The second-order valence-corrected chi connectivity index (χ2v) is 5.12. The first-order chi connectivity index (χ1) is 9.83. The quantitative estimate of drug-likeness (QED) is 0.795. The third-order valence-corrected chi connectivity index (χ3v) is 3.63. The van der Waals surface area contributed by atoms with Gasteiger partial charge in [0.1, 0.15) is 0 Å². The Balaban J connectivity index is 1.89. The zero-order valence-electron chi connectivity index (χ0n) is 12.5. The Hall–Kier alpha value is -1.61. The summed E-state index contributed by atoms with van der Waals surface area (Å²) in [6.07, 6.45) is 7.65. The van der Waals surface area contributed by atoms with Crippen molar-refractivity contribution in [3.05, 3.63) is 53.9 Å². The van der Waals surface area contributed by atoms with E-state index in [4.69, 9.17) is 0 Å². The van der Waals surface area contributed by atoms with E-state index in [0.717, 1.165) is 25.9 Å². The molecule has 20 heavy (non-hydrogen) atoms. The molecule has 1 heterocycles. The van der Waals surface area contributed by atoms with E-state index in [2.05, 4.69) is 60.8 Å². The standard InChI is InChI=1S/C17H25N3/c1-3-18-17(16-13-19-20(4-2)14-16)12-8-11-15-9-6-5-7-10-15/h5-7,9-10,13-14,17-18H,3-4,8,11-12H2,1-2H3. The Morgan fingerprint density at radius 1 is 1.20 bits per heavy atom. The van der Waals surface area contributed by atoms with E-state index in [1.165, 1.54) is 17.5 Å². The molecule has 3 heteroatoms. The first-order valence-electron chi connectivity index (χ1n) is 7.63. The smallest absolute Gasteiger partial charge is 0.0537 e. The van der Waals surface area contributed by atoms with Crippen LogP contribution in [-0.2, 0) is 13.0 Å². The van der Waals surface area contributed by atoms with Gasteiger partial charge in [0.25, 0.3) is 0 Å². The van der Waals surface area contributed by atoms with Crippen LogP contribution in [0.25, 0.3) is 0 Å². The molecule has 0 saturated carbocycles. The summed E-state index contributed by atoms with van der Waals surface area (Å²) in [5.41, 5.74) is 2.73. The average Bonchev–Trinajstić information content (AvgIpc) is 2.96. The van der Waals surface area contributed by atoms with Crippen LogP contribution < -0.4 is 5.32 Å². The Bertz CT molecular complexity index is 490. The van der Waals surface area contributed by atoms with Crippen LogP contribution in [0, 0.1) is 0 Å². The van der Waals surface area contributed by atoms with Gasteiger partial charge in [0, 0.05) is 24.3 Å². The first-order valence-corrected chi connectivity index (χ1v) is 7.63. The molecule has 1 aromatic heterocycles. The van der Waals surface area contributed by atoms with Crippen molar-refractivity contribution >= 4 is 0 Å². The Morgan fingerprint density at radius 3 is 2.65 bits per heavy atom. The number of nitrogens with one attached hydrogen (secondary N) is 1. The van der Waals surface area contributed by atoms with Crippen molar-refractivity contribution in [2.75, 3.05) is 6.54 Å². The van der Waals surface area contributed by atoms with E-state index >= 15 is 0 Å². The molecule has 0 aliphatic carbocycles. The number of aromatic nitrogens is 2. The van der Waals surface area contributed by atoms with Gasteiger partial charge in [0.2, 0.25) is 0 Å². The van der Waals surface area contributed by atoms with Crippen molar-refractivity contribution in [1.82, 2.24) is 15.1 Å². The van der Waals surface area contributed by atoms with Crippen LogP contribution in [-0.4, -0.2) is 16.3 Å². The molecule has 0 saturated heterocycles. The largest absolute Gasteiger partial charge is 0.310 e. The normalized spacial score (nSPS) is 12.5. The van der Waals surface area contributed by atoms with Crippen molar-refractivity contribution in [3.8, 4) is 0 Å². The second-order valence-electron chi connectivity index (χ2n) is 5.12. The third kappa shape index (κ3) is 4.20. The Labute approximate surface area is 122 Å². The summed E-state index contributed by atoms with van der Waals surface area (Å²) in [5.74, 6) is 0. The van der Waals surface area contributed by atoms with E-state index in [9.17, 15) is 0 Å². The van der Waals surface area contributed by atoms with Crippen LogP contribution in [0.2, 0.25) is 0 Å². The number of aryl methyl sites for hydroxylation is 2. The second kappa shape index (κ2) is 7.85. The van der Waals surface area contributed by atoms with Gasteiger partial charge in [-0.25, -0.2) is 0 Å². The van der Waals surface area contributed by atoms with E-state index in [-0.39, 0.29) is 0 Å². The zero-order chi connectivity index (χ0) is 14.2. The molecule has 0 aliphatic heterocycles. The highest BCUT2D eigenvalue weighted by molar-refractivity contribution is 5.15. The lowest BCUT2D eigenvalue weighted by atomic mass is 10.0. The maximum Gasteiger partial charge on any atom is 0.0537 e. The highest BCUT2D eigenvalue weighted by Crippen LogP contribution is 2.19. The van der Waals surface area contributed by atoms with Gasteiger partial charge in [0.05, 0.1) is 6.20 Å². The highest BCUT2D eigenvalue weighted by atomic mass is 15.3. The van der Waals surface area contributed by atoms with Crippen LogP contribution in [0.1, 0.15) is 43.9 Å². The predicted octanol–water partition coefficient (Wildman–Crippen LogP) is 3.58. The summed E-state index contributed by atoms with van der Waals surface area (Å²) in [5, 5.41) is 7.95. The molecular formula is C17H25N3. The Morgan fingerprint density at radius 2 is 2.00 bits per heavy atom. The van der Waals surface area contributed by atoms with Gasteiger partial charge in [-0.2, -0.15) is 5.10 Å². The molecule has 1 N–H and O–H groups in total. The van der Waals surface area contributed by atoms with Gasteiger partial charge in [-0.3, -0.25) is 4.68 Å². The predicted molar refractivity (Wildman–Crippen MR) is 83.7 cm³/mol. The van der Waals surface area contributed by atoms with Crippen LogP contribution in [0.15, 0.2) is 42.7 Å². The van der Waals surface area contributed by atoms with Crippen molar-refractivity contribution in [2.45, 2.75) is 45.7 Å². The SMILES string of the molecule is CCNC(CCCc1ccccc1)c1cnn(CC)c1. The van der Waals surface area contributed by atoms with Gasteiger partial charge >= 0.3 is 0 Å². The number of nitrogens with zero attached hydrogens (tertiary/aromatic N) is 2. The van der Waals surface area contributed by atoms with Crippen LogP contribution in [0.3, 0.4) is 0 Å². The summed E-state index contributed by atoms with van der Waals surface area (Å²) in [6.45, 7) is 6.21. The molecule has 2 rings (SSSR count). The van der Waals surface area contributed by atoms with Gasteiger partial charge in [0.15, 0.2) is 0 Å². The molecule has 1 atom stereocenters. The number of benzene rings is 1. The summed E-state index contributed by atoms with van der Waals surface area (Å²) in [4.78, 5) is 0. The summed E-state index contributed by atoms with van der Waals surface area (Å²) in [6, 6.07) is 11.1. The van der Waals surface area contributed by atoms with Gasteiger partial charge in [-0.15, -0.1) is 0 Å². The summed E-state index contributed by atoms with van der Waals surface area (Å²) < 4.78 is 2.00. The molecule has 0 fully saturated rings. The van der Waals surface area contributed by atoms with Crippen molar-refractivity contribution in [2.24, 2.45) is 0 Å². The fourth-order valence-electron chi connectivity index (χ4n) is 2.52. The maximum atomic E-state index is 4.38. The molecule has 0 spiro atoms. The lowest BCUT2D eigenvalue weighted by Crippen LogP contribution is -2.20. The van der Waals surface area contributed by atoms with E-state index in [0.29, 0.717) is 6.04 Å². The van der Waals surface area contributed by atoms with Crippen molar-refractivity contribution < 1.29 is 0 Å². The van der Waals surface area contributed by atoms with Crippen LogP contribution in [0.4, 0.5) is 0 Å². The minimum Gasteiger partial charge on any atom is -0.310 e. The summed E-state index contributed by atoms with van der Waals surface area (Å²) >= 11 is 0. The highest BCUT2D eigenvalue weighted by Gasteiger charge is 2.12. The molecule has 1 aromatic carbocycles. The summed E-state index contributed by atoms with van der Waals surface area (Å²) in [7, 11) is 0. The lowest BCUT2D eigenvalue weighted by Gasteiger charge is -2.16. The fourth-order valence-corrected chi connectivity index (χ4v) is 2.52. The molecule has 108 valence electrons. The molecule has 0 aliphatic rings. The van der Waals surface area contributed by atoms with Crippen molar-refractivity contribution in [1.29, 1.82) is 0 Å². The molecule has 0 amide bonds. The van der Waals surface area contributed by atoms with Crippen LogP contribution >= 0.6 is 0 Å². The molecule has 3 nitrogen and oxygen atoms in total. The van der Waals surface area contributed by atoms with Gasteiger partial charge < -0.3 is 5.32 Å². The minimum atomic E-state index is 0.420. The Kier molecular flexibility index (Phi) is 5.81. The fraction of sp³-hybridized carbons (Fsp3) is 0.471. The van der Waals surface area contributed by atoms with E-state index in [1.807, 2.05) is 10.9 Å².